The highest BCUT2D eigenvalue weighted by Gasteiger charge is 2.21. The Bertz CT molecular complexity index is 713. The second-order valence-electron chi connectivity index (χ2n) is 4.15. The Morgan fingerprint density at radius 3 is 2.81 bits per heavy atom. The lowest BCUT2D eigenvalue weighted by molar-refractivity contribution is -0.385. The van der Waals surface area contributed by atoms with E-state index in [1.165, 1.54) is 11.3 Å². The maximum atomic E-state index is 11.1. The molecule has 2 aromatic rings. The molecule has 0 unspecified atom stereocenters. The van der Waals surface area contributed by atoms with Gasteiger partial charge in [0.2, 0.25) is 0 Å². The molecule has 0 aliphatic carbocycles. The molecule has 0 radical (unpaired) electrons. The average molecular weight is 308 g/mol. The van der Waals surface area contributed by atoms with E-state index in [1.54, 1.807) is 0 Å². The zero-order chi connectivity index (χ0) is 15.6. The van der Waals surface area contributed by atoms with Crippen LogP contribution in [0, 0.1) is 17.0 Å². The van der Waals surface area contributed by atoms with Gasteiger partial charge in [0, 0.05) is 10.9 Å². The van der Waals surface area contributed by atoms with Gasteiger partial charge in [-0.15, -0.1) is 11.3 Å². The highest BCUT2D eigenvalue weighted by Crippen LogP contribution is 2.27. The average Bonchev–Trinajstić information content (AvgIpc) is 2.78. The number of carboxylic acids is 1. The van der Waals surface area contributed by atoms with E-state index in [4.69, 9.17) is 5.11 Å². The summed E-state index contributed by atoms with van der Waals surface area (Å²) in [4.78, 5) is 30.3. The van der Waals surface area contributed by atoms with E-state index in [9.17, 15) is 14.9 Å². The lowest BCUT2D eigenvalue weighted by Crippen LogP contribution is -2.05. The molecule has 110 valence electrons. The van der Waals surface area contributed by atoms with E-state index in [0.717, 1.165) is 29.3 Å². The molecule has 0 aromatic carbocycles. The topological polar surface area (TPSA) is 118 Å². The van der Waals surface area contributed by atoms with Gasteiger partial charge in [-0.1, -0.05) is 6.92 Å². The van der Waals surface area contributed by atoms with Crippen molar-refractivity contribution >= 4 is 33.9 Å². The van der Waals surface area contributed by atoms with Crippen molar-refractivity contribution in [2.24, 2.45) is 0 Å². The molecule has 0 spiro atoms. The smallest absolute Gasteiger partial charge is 0.342 e. The van der Waals surface area contributed by atoms with Gasteiger partial charge in [-0.3, -0.25) is 10.1 Å². The normalized spacial score (nSPS) is 10.4. The summed E-state index contributed by atoms with van der Waals surface area (Å²) < 4.78 is 0. The van der Waals surface area contributed by atoms with Crippen molar-refractivity contribution < 1.29 is 14.8 Å². The number of nitro groups is 1. The number of hydrogen-bond donors (Lipinski definition) is 2. The van der Waals surface area contributed by atoms with Crippen LogP contribution in [0.25, 0.3) is 0 Å². The number of nitrogens with one attached hydrogen (secondary N) is 1. The van der Waals surface area contributed by atoms with E-state index in [2.05, 4.69) is 15.3 Å². The minimum absolute atomic E-state index is 0.203. The van der Waals surface area contributed by atoms with Crippen molar-refractivity contribution in [3.8, 4) is 0 Å². The molecule has 0 aliphatic heterocycles. The largest absolute Gasteiger partial charge is 0.477 e. The fraction of sp³-hybridized carbons (Fsp3) is 0.250. The number of hydrogen-bond acceptors (Lipinski definition) is 7. The first-order valence-electron chi connectivity index (χ1n) is 6.03. The van der Waals surface area contributed by atoms with Crippen LogP contribution >= 0.6 is 11.3 Å². The third-order valence-electron chi connectivity index (χ3n) is 2.77. The molecule has 8 nitrogen and oxygen atoms in total. The first kappa shape index (κ1) is 14.9. The van der Waals surface area contributed by atoms with E-state index in [1.807, 2.05) is 13.8 Å². The maximum Gasteiger partial charge on any atom is 0.342 e. The number of aromatic carboxylic acids is 1. The predicted molar refractivity (Wildman–Crippen MR) is 77.4 cm³/mol. The van der Waals surface area contributed by atoms with Crippen LogP contribution in [0.4, 0.5) is 16.6 Å². The summed E-state index contributed by atoms with van der Waals surface area (Å²) in [6.45, 7) is 3.92. The highest BCUT2D eigenvalue weighted by molar-refractivity contribution is 7.15. The van der Waals surface area contributed by atoms with Crippen LogP contribution in [-0.2, 0) is 6.42 Å². The van der Waals surface area contributed by atoms with Crippen LogP contribution in [-0.4, -0.2) is 26.0 Å². The predicted octanol–water partition coefficient (Wildman–Crippen LogP) is 2.76. The minimum Gasteiger partial charge on any atom is -0.477 e. The van der Waals surface area contributed by atoms with E-state index in [-0.39, 0.29) is 5.82 Å². The Morgan fingerprint density at radius 1 is 1.57 bits per heavy atom. The van der Waals surface area contributed by atoms with Gasteiger partial charge in [0.05, 0.1) is 10.6 Å². The van der Waals surface area contributed by atoms with Gasteiger partial charge in [-0.25, -0.2) is 14.8 Å². The van der Waals surface area contributed by atoms with Crippen LogP contribution in [0.15, 0.2) is 12.3 Å². The molecule has 0 atom stereocenters. The van der Waals surface area contributed by atoms with E-state index < -0.39 is 22.1 Å². The second-order valence-corrected chi connectivity index (χ2v) is 5.35. The van der Waals surface area contributed by atoms with Crippen LogP contribution in [0.2, 0.25) is 0 Å². The molecule has 2 N–H and O–H groups in total. The van der Waals surface area contributed by atoms with Crippen molar-refractivity contribution in [3.63, 3.8) is 0 Å². The summed E-state index contributed by atoms with van der Waals surface area (Å²) in [6.07, 6.45) is 1.71. The van der Waals surface area contributed by atoms with Crippen molar-refractivity contribution in [1.82, 2.24) is 9.97 Å². The Morgan fingerprint density at radius 2 is 2.29 bits per heavy atom. The van der Waals surface area contributed by atoms with Gasteiger partial charge in [0.1, 0.15) is 17.6 Å². The molecule has 21 heavy (non-hydrogen) atoms. The van der Waals surface area contributed by atoms with Crippen molar-refractivity contribution in [2.75, 3.05) is 5.32 Å². The van der Waals surface area contributed by atoms with Gasteiger partial charge in [-0.2, -0.15) is 0 Å². The molecular weight excluding hydrogens is 296 g/mol. The molecule has 0 amide bonds. The molecule has 9 heteroatoms. The first-order chi connectivity index (χ1) is 9.92. The van der Waals surface area contributed by atoms with E-state index >= 15 is 0 Å². The summed E-state index contributed by atoms with van der Waals surface area (Å²) in [7, 11) is 0. The number of nitrogens with zero attached hydrogens (tertiary/aromatic N) is 3. The van der Waals surface area contributed by atoms with Crippen LogP contribution < -0.4 is 5.32 Å². The number of aromatic nitrogens is 2. The molecule has 0 fully saturated rings. The fourth-order valence-corrected chi connectivity index (χ4v) is 2.66. The Labute approximate surface area is 123 Å². The van der Waals surface area contributed by atoms with Crippen molar-refractivity contribution in [1.29, 1.82) is 0 Å². The SMILES string of the molecule is CCc1nc(Nc2cc(C(=O)O)c([N+](=O)[O-])cn2)sc1C. The van der Waals surface area contributed by atoms with Crippen LogP contribution in [0.3, 0.4) is 0 Å². The molecule has 0 bridgehead atoms. The highest BCUT2D eigenvalue weighted by atomic mass is 32.1. The lowest BCUT2D eigenvalue weighted by Gasteiger charge is -2.03. The maximum absolute atomic E-state index is 11.1. The third-order valence-corrected chi connectivity index (χ3v) is 3.70. The summed E-state index contributed by atoms with van der Waals surface area (Å²) in [5, 5.41) is 23.2. The van der Waals surface area contributed by atoms with Gasteiger partial charge in [0.25, 0.3) is 0 Å². The van der Waals surface area contributed by atoms with E-state index in [0.29, 0.717) is 5.13 Å². The molecule has 2 aromatic heterocycles. The fourth-order valence-electron chi connectivity index (χ4n) is 1.75. The third kappa shape index (κ3) is 3.14. The first-order valence-corrected chi connectivity index (χ1v) is 6.85. The van der Waals surface area contributed by atoms with Crippen LogP contribution in [0.1, 0.15) is 27.9 Å². The summed E-state index contributed by atoms with van der Waals surface area (Å²) in [5.74, 6) is -1.17. The number of thiazole rings is 1. The lowest BCUT2D eigenvalue weighted by atomic mass is 10.2. The standard InChI is InChI=1S/C12H12N4O4S/c1-3-8-6(2)21-12(14-8)15-10-4-7(11(17)18)9(5-13-10)16(19)20/h4-5H,3H2,1-2H3,(H,17,18)(H,13,14,15). The zero-order valence-corrected chi connectivity index (χ0v) is 12.1. The summed E-state index contributed by atoms with van der Waals surface area (Å²) in [6, 6.07) is 1.13. The Hall–Kier alpha value is -2.55. The zero-order valence-electron chi connectivity index (χ0n) is 11.3. The molecule has 2 rings (SSSR count). The molecule has 2 heterocycles. The molecule has 0 saturated heterocycles. The molecular formula is C12H12N4O4S. The minimum atomic E-state index is -1.38. The van der Waals surface area contributed by atoms with Gasteiger partial charge < -0.3 is 10.4 Å². The molecule has 0 saturated carbocycles. The summed E-state index contributed by atoms with van der Waals surface area (Å²) in [5.41, 5.74) is -0.0121. The van der Waals surface area contributed by atoms with Crippen LogP contribution in [0.5, 0.6) is 0 Å². The van der Waals surface area contributed by atoms with Crippen molar-refractivity contribution in [2.45, 2.75) is 20.3 Å². The van der Waals surface area contributed by atoms with Gasteiger partial charge >= 0.3 is 11.7 Å². The second kappa shape index (κ2) is 5.83. The number of rotatable bonds is 5. The van der Waals surface area contributed by atoms with Crippen molar-refractivity contribution in [3.05, 3.63) is 38.5 Å². The Balaban J connectivity index is 2.34. The number of aryl methyl sites for hydroxylation is 2. The summed E-state index contributed by atoms with van der Waals surface area (Å²) >= 11 is 1.42. The number of carboxylic acid groups (broad SMARTS) is 1. The molecule has 0 aliphatic rings. The monoisotopic (exact) mass is 308 g/mol. The van der Waals surface area contributed by atoms with Gasteiger partial charge in [0.15, 0.2) is 5.13 Å². The number of carbonyl (C=O) groups is 1. The Kier molecular flexibility index (Phi) is 4.13. The number of pyridine rings is 1. The number of anilines is 2. The van der Waals surface area contributed by atoms with Gasteiger partial charge in [-0.05, 0) is 13.3 Å². The quantitative estimate of drug-likeness (QED) is 0.644.